The molecule has 0 aliphatic rings. The molecule has 20 heavy (non-hydrogen) atoms. The van der Waals surface area contributed by atoms with Crippen LogP contribution in [0.15, 0.2) is 46.9 Å². The third-order valence-corrected chi connectivity index (χ3v) is 4.74. The zero-order valence-corrected chi connectivity index (χ0v) is 15.6. The van der Waals surface area contributed by atoms with Gasteiger partial charge in [-0.05, 0) is 57.3 Å². The second kappa shape index (κ2) is 6.16. The van der Waals surface area contributed by atoms with Crippen LogP contribution in [0.2, 0.25) is 0 Å². The Bertz CT molecular complexity index is 599. The molecule has 0 amide bonds. The lowest BCUT2D eigenvalue weighted by atomic mass is 9.86. The summed E-state index contributed by atoms with van der Waals surface area (Å²) in [5.41, 5.74) is 3.22. The zero-order valence-electron chi connectivity index (χ0n) is 11.8. The van der Waals surface area contributed by atoms with Gasteiger partial charge in [0.1, 0.15) is 6.10 Å². The minimum absolute atomic E-state index is 0.131. The number of hydrogen-bond acceptors (Lipinski definition) is 1. The van der Waals surface area contributed by atoms with Crippen molar-refractivity contribution in [1.29, 1.82) is 0 Å². The highest BCUT2D eigenvalue weighted by Gasteiger charge is 2.17. The first-order chi connectivity index (χ1) is 9.29. The lowest BCUT2D eigenvalue weighted by Gasteiger charge is -2.20. The number of aliphatic hydroxyl groups is 1. The maximum Gasteiger partial charge on any atom is 0.105 e. The Kier molecular flexibility index (Phi) is 4.92. The van der Waals surface area contributed by atoms with Gasteiger partial charge in [-0.3, -0.25) is 0 Å². The maximum atomic E-state index is 10.6. The van der Waals surface area contributed by atoms with Crippen LogP contribution in [0, 0.1) is 3.57 Å². The Morgan fingerprint density at radius 3 is 2.20 bits per heavy atom. The molecule has 0 radical (unpaired) electrons. The van der Waals surface area contributed by atoms with Gasteiger partial charge in [-0.2, -0.15) is 0 Å². The average molecular weight is 445 g/mol. The van der Waals surface area contributed by atoms with Gasteiger partial charge in [0, 0.05) is 13.6 Å². The Balaban J connectivity index is 2.34. The molecule has 0 saturated heterocycles. The van der Waals surface area contributed by atoms with E-state index < -0.39 is 6.10 Å². The van der Waals surface area contributed by atoms with Crippen LogP contribution >= 0.6 is 38.5 Å². The fourth-order valence-electron chi connectivity index (χ4n) is 2.07. The zero-order chi connectivity index (χ0) is 14.9. The predicted octanol–water partition coefficient (Wildman–Crippen LogP) is 5.43. The van der Waals surface area contributed by atoms with E-state index in [2.05, 4.69) is 71.4 Å². The van der Waals surface area contributed by atoms with E-state index in [0.29, 0.717) is 0 Å². The van der Waals surface area contributed by atoms with Gasteiger partial charge in [0.25, 0.3) is 0 Å². The monoisotopic (exact) mass is 444 g/mol. The molecule has 1 atom stereocenters. The summed E-state index contributed by atoms with van der Waals surface area (Å²) < 4.78 is 2.05. The molecule has 1 unspecified atom stereocenters. The molecule has 0 aromatic heterocycles. The molecule has 0 saturated carbocycles. The summed E-state index contributed by atoms with van der Waals surface area (Å²) in [4.78, 5) is 0. The Hall–Kier alpha value is -0.390. The first-order valence-corrected chi connectivity index (χ1v) is 8.39. The summed E-state index contributed by atoms with van der Waals surface area (Å²) >= 11 is 5.77. The molecular weight excluding hydrogens is 427 g/mol. The molecule has 0 fully saturated rings. The van der Waals surface area contributed by atoms with Gasteiger partial charge in [-0.1, -0.05) is 61.0 Å². The van der Waals surface area contributed by atoms with E-state index in [9.17, 15) is 5.11 Å². The SMILES string of the molecule is CC(C)(C)c1ccc(C(O)c2cc(I)ccc2Br)cc1. The van der Waals surface area contributed by atoms with Crippen LogP contribution in [0.1, 0.15) is 43.6 Å². The highest BCUT2D eigenvalue weighted by molar-refractivity contribution is 14.1. The van der Waals surface area contributed by atoms with Crippen LogP contribution in [-0.4, -0.2) is 5.11 Å². The molecule has 0 aliphatic carbocycles. The lowest BCUT2D eigenvalue weighted by molar-refractivity contribution is 0.219. The smallest absolute Gasteiger partial charge is 0.105 e. The van der Waals surface area contributed by atoms with E-state index in [1.54, 1.807) is 0 Å². The minimum atomic E-state index is -0.604. The van der Waals surface area contributed by atoms with Crippen LogP contribution in [0.3, 0.4) is 0 Å². The van der Waals surface area contributed by atoms with Gasteiger partial charge >= 0.3 is 0 Å². The van der Waals surface area contributed by atoms with Crippen molar-refractivity contribution in [1.82, 2.24) is 0 Å². The summed E-state index contributed by atoms with van der Waals surface area (Å²) in [7, 11) is 0. The second-order valence-corrected chi connectivity index (χ2v) is 8.04. The summed E-state index contributed by atoms with van der Waals surface area (Å²) in [6, 6.07) is 14.2. The Morgan fingerprint density at radius 2 is 1.65 bits per heavy atom. The van der Waals surface area contributed by atoms with Crippen molar-refractivity contribution in [2.45, 2.75) is 32.3 Å². The highest BCUT2D eigenvalue weighted by atomic mass is 127. The van der Waals surface area contributed by atoms with Gasteiger partial charge in [0.15, 0.2) is 0 Å². The molecule has 0 spiro atoms. The third kappa shape index (κ3) is 3.62. The first kappa shape index (κ1) is 16.0. The molecule has 2 aromatic rings. The summed E-state index contributed by atoms with van der Waals surface area (Å²) in [5.74, 6) is 0. The molecule has 2 rings (SSSR count). The molecular formula is C17H18BrIO. The second-order valence-electron chi connectivity index (χ2n) is 5.94. The number of benzene rings is 2. The third-order valence-electron chi connectivity index (χ3n) is 3.35. The van der Waals surface area contributed by atoms with Crippen molar-refractivity contribution < 1.29 is 5.11 Å². The van der Waals surface area contributed by atoms with Crippen molar-refractivity contribution in [3.8, 4) is 0 Å². The van der Waals surface area contributed by atoms with Crippen LogP contribution in [-0.2, 0) is 5.41 Å². The molecule has 1 N–H and O–H groups in total. The van der Waals surface area contributed by atoms with Crippen molar-refractivity contribution in [2.24, 2.45) is 0 Å². The van der Waals surface area contributed by atoms with Crippen LogP contribution in [0.5, 0.6) is 0 Å². The fourth-order valence-corrected chi connectivity index (χ4v) is 3.05. The fraction of sp³-hybridized carbons (Fsp3) is 0.294. The molecule has 0 bridgehead atoms. The normalized spacial score (nSPS) is 13.3. The minimum Gasteiger partial charge on any atom is -0.384 e. The molecule has 2 aromatic carbocycles. The Labute approximate surface area is 142 Å². The standard InChI is InChI=1S/C17H18BrIO/c1-17(2,3)12-6-4-11(5-7-12)16(20)14-10-13(19)8-9-15(14)18/h4-10,16,20H,1-3H3. The number of rotatable bonds is 2. The van der Waals surface area contributed by atoms with Gasteiger partial charge in [-0.25, -0.2) is 0 Å². The van der Waals surface area contributed by atoms with Crippen molar-refractivity contribution >= 4 is 38.5 Å². The quantitative estimate of drug-likeness (QED) is 0.612. The van der Waals surface area contributed by atoms with E-state index in [-0.39, 0.29) is 5.41 Å². The van der Waals surface area contributed by atoms with Crippen molar-refractivity contribution in [3.05, 3.63) is 67.2 Å². The number of aliphatic hydroxyl groups excluding tert-OH is 1. The Morgan fingerprint density at radius 1 is 1.05 bits per heavy atom. The molecule has 0 aliphatic heterocycles. The van der Waals surface area contributed by atoms with Crippen LogP contribution < -0.4 is 0 Å². The van der Waals surface area contributed by atoms with Gasteiger partial charge < -0.3 is 5.11 Å². The molecule has 1 nitrogen and oxygen atoms in total. The van der Waals surface area contributed by atoms with Gasteiger partial charge in [0.2, 0.25) is 0 Å². The topological polar surface area (TPSA) is 20.2 Å². The largest absolute Gasteiger partial charge is 0.384 e. The van der Waals surface area contributed by atoms with Crippen LogP contribution in [0.25, 0.3) is 0 Å². The predicted molar refractivity (Wildman–Crippen MR) is 96.1 cm³/mol. The first-order valence-electron chi connectivity index (χ1n) is 6.52. The van der Waals surface area contributed by atoms with E-state index >= 15 is 0 Å². The van der Waals surface area contributed by atoms with Gasteiger partial charge in [0.05, 0.1) is 0 Å². The number of halogens is 2. The van der Waals surface area contributed by atoms with E-state index in [4.69, 9.17) is 0 Å². The molecule has 106 valence electrons. The number of hydrogen-bond donors (Lipinski definition) is 1. The van der Waals surface area contributed by atoms with E-state index in [1.165, 1.54) is 5.56 Å². The highest BCUT2D eigenvalue weighted by Crippen LogP contribution is 2.31. The van der Waals surface area contributed by atoms with Crippen LogP contribution in [0.4, 0.5) is 0 Å². The van der Waals surface area contributed by atoms with E-state index in [0.717, 1.165) is 19.2 Å². The van der Waals surface area contributed by atoms with E-state index in [1.807, 2.05) is 30.3 Å². The lowest BCUT2D eigenvalue weighted by Crippen LogP contribution is -2.11. The van der Waals surface area contributed by atoms with Crippen molar-refractivity contribution in [2.75, 3.05) is 0 Å². The molecule has 3 heteroatoms. The van der Waals surface area contributed by atoms with Gasteiger partial charge in [-0.15, -0.1) is 0 Å². The van der Waals surface area contributed by atoms with Crippen molar-refractivity contribution in [3.63, 3.8) is 0 Å². The maximum absolute atomic E-state index is 10.6. The summed E-state index contributed by atoms with van der Waals surface area (Å²) in [6.45, 7) is 6.57. The summed E-state index contributed by atoms with van der Waals surface area (Å²) in [5, 5.41) is 10.6. The summed E-state index contributed by atoms with van der Waals surface area (Å²) in [6.07, 6.45) is -0.604. The molecule has 0 heterocycles. The average Bonchev–Trinajstić information content (AvgIpc) is 2.40.